The molecule has 5 heteroatoms. The molecule has 4 aromatic heterocycles. The minimum atomic E-state index is 0.250. The molecule has 312 valence electrons. The van der Waals surface area contributed by atoms with E-state index in [9.17, 15) is 0 Å². The van der Waals surface area contributed by atoms with Gasteiger partial charge in [0.1, 0.15) is 0 Å². The molecule has 14 rings (SSSR count). The summed E-state index contributed by atoms with van der Waals surface area (Å²) < 4.78 is 4.89. The lowest BCUT2D eigenvalue weighted by Gasteiger charge is -2.16. The Labute approximate surface area is 387 Å². The van der Waals surface area contributed by atoms with Crippen molar-refractivity contribution in [2.75, 3.05) is 6.16 Å². The van der Waals surface area contributed by atoms with E-state index in [2.05, 4.69) is 222 Å². The van der Waals surface area contributed by atoms with E-state index < -0.39 is 0 Å². The number of benzene rings is 9. The quantitative estimate of drug-likeness (QED) is 0.156. The summed E-state index contributed by atoms with van der Waals surface area (Å²) in [6, 6.07) is 71.2. The number of para-hydroxylation sites is 4. The van der Waals surface area contributed by atoms with Crippen LogP contribution in [0.2, 0.25) is 0 Å². The summed E-state index contributed by atoms with van der Waals surface area (Å²) in [7, 11) is 2.06. The second-order valence-corrected chi connectivity index (χ2v) is 21.9. The molecule has 2 nitrogen and oxygen atoms in total. The second kappa shape index (κ2) is 15.1. The Morgan fingerprint density at radius 2 is 0.833 bits per heavy atom. The number of hydrogen-bond acceptors (Lipinski definition) is 0. The Balaban J connectivity index is 0.835. The third kappa shape index (κ3) is 5.99. The first-order valence-corrected chi connectivity index (χ1v) is 26.2. The molecule has 0 amide bonds. The van der Waals surface area contributed by atoms with Gasteiger partial charge in [-0.1, -0.05) is 131 Å². The van der Waals surface area contributed by atoms with Crippen LogP contribution in [0, 0.1) is 0 Å². The fourth-order valence-corrected chi connectivity index (χ4v) is 14.8. The Morgan fingerprint density at radius 3 is 1.36 bits per heavy atom. The van der Waals surface area contributed by atoms with Crippen LogP contribution in [0.3, 0.4) is 0 Å². The van der Waals surface area contributed by atoms with Crippen LogP contribution in [0.4, 0.5) is 0 Å². The van der Waals surface area contributed by atoms with Gasteiger partial charge in [-0.2, -0.15) is 0 Å². The summed E-state index contributed by atoms with van der Waals surface area (Å²) in [4.78, 5) is 0. The van der Waals surface area contributed by atoms with Gasteiger partial charge in [0.15, 0.2) is 0 Å². The highest BCUT2D eigenvalue weighted by atomic mass is 31.1. The van der Waals surface area contributed by atoms with Crippen LogP contribution < -0.4 is 5.30 Å². The van der Waals surface area contributed by atoms with E-state index in [-0.39, 0.29) is 5.92 Å². The first-order valence-electron chi connectivity index (χ1n) is 23.0. The third-order valence-corrected chi connectivity index (χ3v) is 18.3. The summed E-state index contributed by atoms with van der Waals surface area (Å²) in [6.07, 6.45) is 8.34. The van der Waals surface area contributed by atoms with Crippen molar-refractivity contribution >= 4 is 121 Å². The molecule has 0 fully saturated rings. The molecule has 0 saturated heterocycles. The summed E-state index contributed by atoms with van der Waals surface area (Å²) in [5.41, 5.74) is 14.0. The van der Waals surface area contributed by atoms with Gasteiger partial charge in [0.25, 0.3) is 0 Å². The molecule has 0 spiro atoms. The lowest BCUT2D eigenvalue weighted by molar-refractivity contribution is 0.980. The highest BCUT2D eigenvalue weighted by Gasteiger charge is 2.18. The lowest BCUT2D eigenvalue weighted by Crippen LogP contribution is -2.07. The van der Waals surface area contributed by atoms with Gasteiger partial charge < -0.3 is 9.13 Å². The minimum Gasteiger partial charge on any atom is -0.309 e. The first-order chi connectivity index (χ1) is 32.6. The summed E-state index contributed by atoms with van der Waals surface area (Å²) in [5.74, 6) is 0.250. The summed E-state index contributed by atoms with van der Waals surface area (Å²) >= 11 is 0. The Kier molecular flexibility index (Phi) is 8.76. The van der Waals surface area contributed by atoms with E-state index in [0.29, 0.717) is 16.4 Å². The smallest absolute Gasteiger partial charge is 0.0541 e. The van der Waals surface area contributed by atoms with Gasteiger partial charge in [-0.05, 0) is 172 Å². The average molecular weight is 897 g/mol. The van der Waals surface area contributed by atoms with Crippen molar-refractivity contribution in [3.05, 3.63) is 217 Å². The van der Waals surface area contributed by atoms with Gasteiger partial charge in [-0.15, -0.1) is 16.4 Å². The average Bonchev–Trinajstić information content (AvgIpc) is 4.12. The number of rotatable bonds is 4. The zero-order valence-electron chi connectivity index (χ0n) is 36.3. The predicted octanol–water partition coefficient (Wildman–Crippen LogP) is 17.3. The topological polar surface area (TPSA) is 9.86 Å². The predicted molar refractivity (Wildman–Crippen MR) is 294 cm³/mol. The van der Waals surface area contributed by atoms with E-state index in [1.807, 2.05) is 0 Å². The maximum Gasteiger partial charge on any atom is 0.0541 e. The normalized spacial score (nSPS) is 16.4. The molecule has 0 aliphatic carbocycles. The van der Waals surface area contributed by atoms with Gasteiger partial charge in [-0.25, -0.2) is 0 Å². The van der Waals surface area contributed by atoms with Gasteiger partial charge >= 0.3 is 0 Å². The van der Waals surface area contributed by atoms with Crippen molar-refractivity contribution < 1.29 is 0 Å². The molecular formula is C61H43N2P3. The zero-order chi connectivity index (χ0) is 43.5. The van der Waals surface area contributed by atoms with Crippen LogP contribution in [0.15, 0.2) is 206 Å². The highest BCUT2D eigenvalue weighted by Crippen LogP contribution is 2.44. The van der Waals surface area contributed by atoms with E-state index >= 15 is 0 Å². The maximum atomic E-state index is 2.51. The summed E-state index contributed by atoms with van der Waals surface area (Å²) in [5, 5.41) is 17.9. The molecule has 66 heavy (non-hydrogen) atoms. The molecule has 4 unspecified atom stereocenters. The molecule has 0 bridgehead atoms. The zero-order valence-corrected chi connectivity index (χ0v) is 39.3. The van der Waals surface area contributed by atoms with Gasteiger partial charge in [0.2, 0.25) is 0 Å². The van der Waals surface area contributed by atoms with E-state index in [0.717, 1.165) is 14.7 Å². The van der Waals surface area contributed by atoms with Gasteiger partial charge in [0, 0.05) is 38.8 Å². The highest BCUT2D eigenvalue weighted by molar-refractivity contribution is 7.47. The summed E-state index contributed by atoms with van der Waals surface area (Å²) in [6.45, 7) is 2.39. The van der Waals surface area contributed by atoms with Crippen molar-refractivity contribution in [1.82, 2.24) is 9.13 Å². The van der Waals surface area contributed by atoms with E-state index in [1.165, 1.54) is 130 Å². The van der Waals surface area contributed by atoms with Crippen LogP contribution in [0.5, 0.6) is 0 Å². The number of nitrogens with zero attached hydrogens (tertiary/aromatic N) is 2. The van der Waals surface area contributed by atoms with Gasteiger partial charge in [-0.3, -0.25) is 0 Å². The largest absolute Gasteiger partial charge is 0.309 e. The fourth-order valence-electron chi connectivity index (χ4n) is 11.1. The molecule has 0 saturated carbocycles. The van der Waals surface area contributed by atoms with Gasteiger partial charge in [0.05, 0.1) is 22.1 Å². The first kappa shape index (κ1) is 38.4. The van der Waals surface area contributed by atoms with Crippen LogP contribution >= 0.6 is 25.0 Å². The van der Waals surface area contributed by atoms with Crippen LogP contribution in [-0.2, 0) is 0 Å². The molecular weight excluding hydrogens is 854 g/mol. The molecule has 1 aliphatic heterocycles. The second-order valence-electron chi connectivity index (χ2n) is 18.0. The Bertz CT molecular complexity index is 4100. The van der Waals surface area contributed by atoms with Crippen molar-refractivity contribution in [3.63, 3.8) is 0 Å². The molecule has 1 aliphatic rings. The molecule has 0 radical (unpaired) electrons. The monoisotopic (exact) mass is 896 g/mol. The maximum absolute atomic E-state index is 2.51. The van der Waals surface area contributed by atoms with Crippen molar-refractivity contribution in [2.24, 2.45) is 0 Å². The van der Waals surface area contributed by atoms with Crippen LogP contribution in [-0.4, -0.2) is 15.3 Å². The Morgan fingerprint density at radius 1 is 0.409 bits per heavy atom. The molecule has 5 heterocycles. The number of aromatic nitrogens is 2. The van der Waals surface area contributed by atoms with Crippen LogP contribution in [0.1, 0.15) is 24.0 Å². The van der Waals surface area contributed by atoms with Crippen LogP contribution in [0.25, 0.3) is 114 Å². The SMILES string of the molecule is CC1/C=C(c2ccc3[pH]c4ccc(-n5c6ccccc6c6ccccc65)cc4c3c2)\C=C/CPc2ccc(-c3ccc4[pH]c5ccc(-n6c7ccccc7c7ccccc76)cc5c4c3)cc21. The van der Waals surface area contributed by atoms with Crippen molar-refractivity contribution in [3.8, 4) is 22.5 Å². The number of hydrogen-bond donors (Lipinski definition) is 0. The fraction of sp³-hybridized carbons (Fsp3) is 0.0492. The Hall–Kier alpha value is -6.91. The third-order valence-electron chi connectivity index (χ3n) is 14.2. The standard InChI is InChI=1S/C61H43N2P3/c1-37-31-38(40-21-26-58-49(33-40)51-35-42(23-28-60(51)65-58)62-53-16-6-2-12-44(53)45-13-3-7-17-54(45)62)11-10-30-64-57-25-20-39(32-48(37)57)41-22-27-59-50(34-41)52-36-43(24-29-61(52)66-59)63-55-18-8-4-14-46(55)47-15-5-9-19-56(47)63/h2-29,31-37,64-66H,30H2,1H3/b11-10-,38-31+. The molecule has 0 N–H and O–H groups in total. The van der Waals surface area contributed by atoms with Crippen molar-refractivity contribution in [1.29, 1.82) is 0 Å². The lowest BCUT2D eigenvalue weighted by atomic mass is 9.92. The number of allylic oxidation sites excluding steroid dienone is 4. The van der Waals surface area contributed by atoms with Crippen molar-refractivity contribution in [2.45, 2.75) is 12.8 Å². The van der Waals surface area contributed by atoms with E-state index in [1.54, 1.807) is 0 Å². The molecule has 4 atom stereocenters. The van der Waals surface area contributed by atoms with E-state index in [4.69, 9.17) is 0 Å². The number of fused-ring (bicyclic) bond motifs is 13. The molecule has 9 aromatic carbocycles. The minimum absolute atomic E-state index is 0.250. The molecule has 13 aromatic rings.